The molecule has 0 saturated carbocycles. The van der Waals surface area contributed by atoms with Gasteiger partial charge in [-0.2, -0.15) is 0 Å². The molecule has 2 fully saturated rings. The summed E-state index contributed by atoms with van der Waals surface area (Å²) in [6.45, 7) is 1.09. The van der Waals surface area contributed by atoms with Crippen LogP contribution in [0.2, 0.25) is 0 Å². The van der Waals surface area contributed by atoms with Crippen molar-refractivity contribution in [2.24, 2.45) is 0 Å². The second-order valence-electron chi connectivity index (χ2n) is 13.4. The number of nitrogens with zero attached hydrogens (tertiary/aromatic N) is 4. The molecule has 278 valence electrons. The molecule has 5 aromatic rings. The highest BCUT2D eigenvalue weighted by molar-refractivity contribution is 7.91. The van der Waals surface area contributed by atoms with Gasteiger partial charge in [0.15, 0.2) is 19.7 Å². The van der Waals surface area contributed by atoms with Crippen LogP contribution in [-0.4, -0.2) is 83.0 Å². The maximum atomic E-state index is 13.2. The smallest absolute Gasteiger partial charge is 0.224 e. The Labute approximate surface area is 314 Å². The van der Waals surface area contributed by atoms with Gasteiger partial charge in [0.25, 0.3) is 0 Å². The van der Waals surface area contributed by atoms with E-state index in [0.29, 0.717) is 30.4 Å². The Hall–Kier alpha value is -5.52. The van der Waals surface area contributed by atoms with Crippen molar-refractivity contribution < 1.29 is 26.4 Å². The topological polar surface area (TPSA) is 166 Å². The first-order chi connectivity index (χ1) is 26.1. The van der Waals surface area contributed by atoms with Crippen molar-refractivity contribution in [1.29, 1.82) is 0 Å². The summed E-state index contributed by atoms with van der Waals surface area (Å²) < 4.78 is 50.9. The van der Waals surface area contributed by atoms with Crippen LogP contribution in [0.3, 0.4) is 0 Å². The number of carbonyl (C=O) groups is 2. The van der Waals surface area contributed by atoms with Crippen LogP contribution in [0.5, 0.6) is 0 Å². The van der Waals surface area contributed by atoms with Gasteiger partial charge < -0.3 is 19.8 Å². The highest BCUT2D eigenvalue weighted by Gasteiger charge is 2.34. The van der Waals surface area contributed by atoms with Crippen molar-refractivity contribution in [1.82, 2.24) is 29.7 Å². The Bertz CT molecular complexity index is 2400. The van der Waals surface area contributed by atoms with Crippen LogP contribution in [0, 0.1) is 11.8 Å². The lowest BCUT2D eigenvalue weighted by atomic mass is 10.1. The van der Waals surface area contributed by atoms with Gasteiger partial charge in [-0.05, 0) is 73.6 Å². The fourth-order valence-electron chi connectivity index (χ4n) is 7.02. The molecule has 0 unspecified atom stereocenters. The number of H-pyrrole nitrogens is 2. The van der Waals surface area contributed by atoms with Gasteiger partial charge in [-0.3, -0.25) is 9.59 Å². The average Bonchev–Trinajstić information content (AvgIpc) is 4.03. The SMILES string of the molecule is O=C(CCS(=O)(=O)c1ccccc1)N1CCC[C@H]1c1ncc(C#Cc2ccc(-c3cnc([C@@H]4CCCN4C(=O)CCS(=O)(=O)c4ccccc4)[nH]3)cc2)[nH]1. The molecule has 2 aliphatic rings. The van der Waals surface area contributed by atoms with Crippen molar-refractivity contribution >= 4 is 31.5 Å². The van der Waals surface area contributed by atoms with Crippen LogP contribution >= 0.6 is 0 Å². The fraction of sp³-hybridized carbons (Fsp3) is 0.300. The molecule has 2 atom stereocenters. The molecule has 3 aromatic carbocycles. The molecule has 14 heteroatoms. The number of aromatic nitrogens is 4. The summed E-state index contributed by atoms with van der Waals surface area (Å²) in [4.78, 5) is 45.8. The molecule has 7 rings (SSSR count). The van der Waals surface area contributed by atoms with E-state index in [0.717, 1.165) is 42.5 Å². The first-order valence-electron chi connectivity index (χ1n) is 17.9. The molecule has 2 saturated heterocycles. The van der Waals surface area contributed by atoms with Gasteiger partial charge in [0.2, 0.25) is 11.8 Å². The van der Waals surface area contributed by atoms with Gasteiger partial charge in [-0.15, -0.1) is 0 Å². The van der Waals surface area contributed by atoms with Crippen LogP contribution < -0.4 is 0 Å². The summed E-state index contributed by atoms with van der Waals surface area (Å²) in [7, 11) is -7.11. The van der Waals surface area contributed by atoms with Gasteiger partial charge in [0.05, 0.1) is 51.5 Å². The van der Waals surface area contributed by atoms with Crippen LogP contribution in [0.1, 0.15) is 73.5 Å². The minimum atomic E-state index is -3.56. The Balaban J connectivity index is 0.944. The number of aromatic amines is 2. The number of hydrogen-bond donors (Lipinski definition) is 2. The van der Waals surface area contributed by atoms with E-state index in [1.807, 2.05) is 24.3 Å². The van der Waals surface area contributed by atoms with Crippen molar-refractivity contribution in [3.05, 3.63) is 120 Å². The third-order valence-corrected chi connectivity index (χ3v) is 13.3. The third kappa shape index (κ3) is 8.32. The quantitative estimate of drug-likeness (QED) is 0.172. The maximum absolute atomic E-state index is 13.2. The predicted octanol–water partition coefficient (Wildman–Crippen LogP) is 5.25. The van der Waals surface area contributed by atoms with Crippen LogP contribution in [-0.2, 0) is 29.3 Å². The summed E-state index contributed by atoms with van der Waals surface area (Å²) in [6, 6.07) is 23.5. The number of carbonyl (C=O) groups excluding carboxylic acids is 2. The number of likely N-dealkylation sites (tertiary alicyclic amines) is 2. The summed E-state index contributed by atoms with van der Waals surface area (Å²) in [5.74, 6) is 6.64. The first-order valence-corrected chi connectivity index (χ1v) is 21.2. The van der Waals surface area contributed by atoms with Gasteiger partial charge >= 0.3 is 0 Å². The van der Waals surface area contributed by atoms with Crippen molar-refractivity contribution in [2.75, 3.05) is 24.6 Å². The summed E-state index contributed by atoms with van der Waals surface area (Å²) in [5, 5.41) is 0. The number of rotatable bonds is 11. The van der Waals surface area contributed by atoms with E-state index in [1.54, 1.807) is 82.9 Å². The van der Waals surface area contributed by atoms with E-state index in [2.05, 4.69) is 31.8 Å². The Morgan fingerprint density at radius 2 is 1.15 bits per heavy atom. The second-order valence-corrected chi connectivity index (χ2v) is 17.7. The van der Waals surface area contributed by atoms with Gasteiger partial charge in [0.1, 0.15) is 17.3 Å². The molecular formula is C40H40N6O6S2. The number of sulfone groups is 2. The van der Waals surface area contributed by atoms with Crippen molar-refractivity contribution in [3.8, 4) is 23.1 Å². The fourth-order valence-corrected chi connectivity index (χ4v) is 9.52. The lowest BCUT2D eigenvalue weighted by molar-refractivity contribution is -0.132. The number of nitrogens with one attached hydrogen (secondary N) is 2. The second kappa shape index (κ2) is 15.8. The van der Waals surface area contributed by atoms with Crippen LogP contribution in [0.4, 0.5) is 0 Å². The minimum Gasteiger partial charge on any atom is -0.340 e. The molecule has 12 nitrogen and oxygen atoms in total. The predicted molar refractivity (Wildman–Crippen MR) is 202 cm³/mol. The number of hydrogen-bond acceptors (Lipinski definition) is 8. The monoisotopic (exact) mass is 764 g/mol. The molecule has 4 heterocycles. The summed E-state index contributed by atoms with van der Waals surface area (Å²) in [6.07, 6.45) is 6.26. The van der Waals surface area contributed by atoms with E-state index < -0.39 is 19.7 Å². The average molecular weight is 765 g/mol. The molecule has 2 aromatic heterocycles. The maximum Gasteiger partial charge on any atom is 0.224 e. The molecule has 0 radical (unpaired) electrons. The zero-order chi connectivity index (χ0) is 37.7. The number of amides is 2. The Kier molecular flexibility index (Phi) is 10.8. The van der Waals surface area contributed by atoms with Crippen molar-refractivity contribution in [3.63, 3.8) is 0 Å². The highest BCUT2D eigenvalue weighted by atomic mass is 32.2. The summed E-state index contributed by atoms with van der Waals surface area (Å²) in [5.41, 5.74) is 3.08. The third-order valence-electron chi connectivity index (χ3n) is 9.88. The molecule has 0 spiro atoms. The van der Waals surface area contributed by atoms with Gasteiger partial charge in [0, 0.05) is 31.5 Å². The Morgan fingerprint density at radius 1 is 0.648 bits per heavy atom. The van der Waals surface area contributed by atoms with Crippen LogP contribution in [0.25, 0.3) is 11.3 Å². The van der Waals surface area contributed by atoms with E-state index in [4.69, 9.17) is 0 Å². The molecular weight excluding hydrogens is 725 g/mol. The van der Waals surface area contributed by atoms with E-state index >= 15 is 0 Å². The molecule has 2 amide bonds. The zero-order valence-corrected chi connectivity index (χ0v) is 31.2. The largest absolute Gasteiger partial charge is 0.340 e. The molecule has 0 bridgehead atoms. The van der Waals surface area contributed by atoms with E-state index in [9.17, 15) is 26.4 Å². The lowest BCUT2D eigenvalue weighted by Crippen LogP contribution is -2.32. The lowest BCUT2D eigenvalue weighted by Gasteiger charge is -2.23. The number of benzene rings is 3. The van der Waals surface area contributed by atoms with Gasteiger partial charge in [-0.1, -0.05) is 54.5 Å². The highest BCUT2D eigenvalue weighted by Crippen LogP contribution is 2.33. The van der Waals surface area contributed by atoms with Crippen molar-refractivity contribution in [2.45, 2.75) is 60.4 Å². The van der Waals surface area contributed by atoms with Crippen LogP contribution in [0.15, 0.2) is 107 Å². The van der Waals surface area contributed by atoms with E-state index in [-0.39, 0.29) is 58.0 Å². The zero-order valence-electron chi connectivity index (χ0n) is 29.5. The summed E-state index contributed by atoms with van der Waals surface area (Å²) >= 11 is 0. The molecule has 2 aliphatic heterocycles. The standard InChI is InChI=1S/C40H40N6O6S2/c47-37(21-25-53(49,50)32-9-3-1-4-10-32)45-23-7-13-35(45)39-41-27-31(43-39)20-17-29-15-18-30(19-16-29)34-28-42-40(44-34)36-14-8-24-46(36)38(48)22-26-54(51,52)33-11-5-2-6-12-33/h1-6,9-12,15-16,18-19,27-28,35-36H,7-8,13-14,21-26H2,(H,41,43)(H,42,44)/t35-,36-/m0/s1. The molecule has 0 aliphatic carbocycles. The Morgan fingerprint density at radius 3 is 1.69 bits per heavy atom. The van der Waals surface area contributed by atoms with Gasteiger partial charge in [-0.25, -0.2) is 26.8 Å². The first kappa shape index (κ1) is 36.8. The minimum absolute atomic E-state index is 0.0911. The molecule has 2 N–H and O–H groups in total. The van der Waals surface area contributed by atoms with E-state index in [1.165, 1.54) is 0 Å². The normalized spacial score (nSPS) is 17.3. The molecule has 54 heavy (non-hydrogen) atoms. The number of imidazole rings is 2.